The molecule has 1 amide bonds. The molecule has 0 fully saturated rings. The van der Waals surface area contributed by atoms with E-state index in [1.54, 1.807) is 0 Å². The van der Waals surface area contributed by atoms with E-state index in [-0.39, 0.29) is 36.5 Å². The largest absolute Gasteiger partial charge is 0.466 e. The van der Waals surface area contributed by atoms with Gasteiger partial charge < -0.3 is 28.7 Å². The summed E-state index contributed by atoms with van der Waals surface area (Å²) in [6.07, 6.45) is 35.7. The monoisotopic (exact) mass is 1000 g/mol. The lowest BCUT2D eigenvalue weighted by Gasteiger charge is -2.33. The van der Waals surface area contributed by atoms with Gasteiger partial charge in [-0.15, -0.1) is 0 Å². The van der Waals surface area contributed by atoms with Crippen molar-refractivity contribution in [3.8, 4) is 11.5 Å². The van der Waals surface area contributed by atoms with Gasteiger partial charge >= 0.3 is 17.9 Å². The molecule has 1 atom stereocenters. The molecular formula is C62H104N2O8. The zero-order chi connectivity index (χ0) is 52.1. The normalized spacial score (nSPS) is 11.8. The van der Waals surface area contributed by atoms with Crippen molar-refractivity contribution in [1.82, 2.24) is 9.80 Å². The minimum Gasteiger partial charge on any atom is -0.466 e. The Balaban J connectivity index is 1.86. The summed E-state index contributed by atoms with van der Waals surface area (Å²) in [5.41, 5.74) is 0.843. The molecule has 2 aromatic rings. The lowest BCUT2D eigenvalue weighted by molar-refractivity contribution is -0.145. The number of hydrogen-bond donors (Lipinski definition) is 0. The quantitative estimate of drug-likeness (QED) is 0.0363. The molecule has 72 heavy (non-hydrogen) atoms. The van der Waals surface area contributed by atoms with Crippen LogP contribution in [0, 0.1) is 0 Å². The maximum absolute atomic E-state index is 14.1. The van der Waals surface area contributed by atoms with Crippen molar-refractivity contribution in [2.75, 3.05) is 47.0 Å². The summed E-state index contributed by atoms with van der Waals surface area (Å²) in [6, 6.07) is 16.9. The van der Waals surface area contributed by atoms with Crippen molar-refractivity contribution in [3.63, 3.8) is 0 Å². The van der Waals surface area contributed by atoms with E-state index in [0.29, 0.717) is 83.3 Å². The Hall–Kier alpha value is -3.92. The number of carbonyl (C=O) groups excluding carboxylic acids is 4. The summed E-state index contributed by atoms with van der Waals surface area (Å²) in [4.78, 5) is 57.0. The fraction of sp³-hybridized carbons (Fsp3) is 0.742. The fourth-order valence-electron chi connectivity index (χ4n) is 9.30. The molecule has 0 saturated carbocycles. The SMILES string of the molecule is CCCCCCCCCCCCCCOC(=O)CCCC(CCCC(=O)OCCCCCCCCCCCCCC)N(CCCN(C)C)C(=O)CCCCOC(=O)C(C)c1ccc(Oc2ccccc2)cc1. The highest BCUT2D eigenvalue weighted by Crippen LogP contribution is 2.25. The van der Waals surface area contributed by atoms with Crippen LogP contribution in [0.3, 0.4) is 0 Å². The molecule has 2 rings (SSSR count). The second-order valence-corrected chi connectivity index (χ2v) is 20.7. The van der Waals surface area contributed by atoms with E-state index in [1.807, 2.05) is 80.5 Å². The van der Waals surface area contributed by atoms with E-state index in [9.17, 15) is 19.2 Å². The van der Waals surface area contributed by atoms with E-state index < -0.39 is 5.92 Å². The molecule has 0 heterocycles. The van der Waals surface area contributed by atoms with Crippen molar-refractivity contribution >= 4 is 23.8 Å². The maximum atomic E-state index is 14.1. The molecule has 10 nitrogen and oxygen atoms in total. The van der Waals surface area contributed by atoms with Crippen LogP contribution in [0.4, 0.5) is 0 Å². The van der Waals surface area contributed by atoms with Crippen LogP contribution in [0.5, 0.6) is 11.5 Å². The number of hydrogen-bond acceptors (Lipinski definition) is 9. The van der Waals surface area contributed by atoms with Crippen LogP contribution in [-0.2, 0) is 33.4 Å². The summed E-state index contributed by atoms with van der Waals surface area (Å²) in [5, 5.41) is 0. The van der Waals surface area contributed by atoms with Crippen LogP contribution < -0.4 is 4.74 Å². The average molecular weight is 1010 g/mol. The summed E-state index contributed by atoms with van der Waals surface area (Å²) in [5.74, 6) is 0.396. The van der Waals surface area contributed by atoms with Gasteiger partial charge in [-0.2, -0.15) is 0 Å². The van der Waals surface area contributed by atoms with Crippen molar-refractivity contribution in [3.05, 3.63) is 60.2 Å². The second-order valence-electron chi connectivity index (χ2n) is 20.7. The summed E-state index contributed by atoms with van der Waals surface area (Å²) in [6.45, 7) is 8.95. The van der Waals surface area contributed by atoms with Crippen LogP contribution in [-0.4, -0.2) is 86.7 Å². The Morgan fingerprint density at radius 1 is 0.444 bits per heavy atom. The number of ether oxygens (including phenoxy) is 4. The number of benzene rings is 2. The molecule has 1 unspecified atom stereocenters. The highest BCUT2D eigenvalue weighted by Gasteiger charge is 2.24. The smallest absolute Gasteiger partial charge is 0.313 e. The predicted molar refractivity (Wildman–Crippen MR) is 297 cm³/mol. The average Bonchev–Trinajstić information content (AvgIpc) is 3.37. The molecule has 0 radical (unpaired) electrons. The molecule has 0 spiro atoms. The Bertz CT molecular complexity index is 1570. The van der Waals surface area contributed by atoms with Crippen molar-refractivity contribution in [1.29, 1.82) is 0 Å². The van der Waals surface area contributed by atoms with Crippen LogP contribution in [0.1, 0.15) is 251 Å². The Kier molecular flexibility index (Phi) is 39.7. The van der Waals surface area contributed by atoms with E-state index in [1.165, 1.54) is 128 Å². The first kappa shape index (κ1) is 64.2. The molecule has 2 aromatic carbocycles. The number of nitrogens with zero attached hydrogens (tertiary/aromatic N) is 2. The molecule has 0 saturated heterocycles. The van der Waals surface area contributed by atoms with Crippen molar-refractivity contribution in [2.24, 2.45) is 0 Å². The van der Waals surface area contributed by atoms with Gasteiger partial charge in [-0.3, -0.25) is 19.2 Å². The second kappa shape index (κ2) is 44.6. The fourth-order valence-corrected chi connectivity index (χ4v) is 9.30. The maximum Gasteiger partial charge on any atom is 0.313 e. The van der Waals surface area contributed by atoms with Crippen LogP contribution in [0.15, 0.2) is 54.6 Å². The number of amides is 1. The number of unbranched alkanes of at least 4 members (excludes halogenated alkanes) is 23. The first-order valence-corrected chi connectivity index (χ1v) is 29.4. The van der Waals surface area contributed by atoms with E-state index in [0.717, 1.165) is 50.0 Å². The zero-order valence-corrected chi connectivity index (χ0v) is 46.6. The molecule has 0 bridgehead atoms. The lowest BCUT2D eigenvalue weighted by Crippen LogP contribution is -2.42. The van der Waals surface area contributed by atoms with Gasteiger partial charge in [-0.25, -0.2) is 0 Å². The zero-order valence-electron chi connectivity index (χ0n) is 46.6. The van der Waals surface area contributed by atoms with Gasteiger partial charge in [0.25, 0.3) is 0 Å². The molecule has 0 aromatic heterocycles. The van der Waals surface area contributed by atoms with Crippen LogP contribution in [0.2, 0.25) is 0 Å². The number of carbonyl (C=O) groups is 4. The standard InChI is InChI=1S/C62H104N2O8/c1-6-8-10-12-14-16-18-20-22-24-26-32-51-69-60(66)43-35-38-56(39-36-44-61(67)70-52-33-27-25-23-21-19-17-15-13-11-9-7-2)64(50-37-49-63(4)5)59(65)42-31-34-53-71-62(68)54(3)55-45-47-58(48-46-55)72-57-40-29-28-30-41-57/h28-30,40-41,45-48,54,56H,6-27,31-39,42-44,49-53H2,1-5H3. The molecule has 0 aliphatic heterocycles. The topological polar surface area (TPSA) is 112 Å². The summed E-state index contributed by atoms with van der Waals surface area (Å²) >= 11 is 0. The van der Waals surface area contributed by atoms with E-state index in [4.69, 9.17) is 18.9 Å². The van der Waals surface area contributed by atoms with Gasteiger partial charge in [0.15, 0.2) is 0 Å². The molecule has 0 aliphatic rings. The summed E-state index contributed by atoms with van der Waals surface area (Å²) < 4.78 is 22.9. The third-order valence-electron chi connectivity index (χ3n) is 13.9. The Labute approximate surface area is 439 Å². The summed E-state index contributed by atoms with van der Waals surface area (Å²) in [7, 11) is 4.07. The van der Waals surface area contributed by atoms with Crippen LogP contribution >= 0.6 is 0 Å². The highest BCUT2D eigenvalue weighted by atomic mass is 16.5. The minimum atomic E-state index is -0.441. The number of para-hydroxylation sites is 1. The molecule has 0 N–H and O–H groups in total. The van der Waals surface area contributed by atoms with Gasteiger partial charge in [-0.1, -0.05) is 185 Å². The van der Waals surface area contributed by atoms with Crippen LogP contribution in [0.25, 0.3) is 0 Å². The van der Waals surface area contributed by atoms with Crippen molar-refractivity contribution in [2.45, 2.75) is 251 Å². The third kappa shape index (κ3) is 34.5. The van der Waals surface area contributed by atoms with Crippen molar-refractivity contribution < 1.29 is 38.1 Å². The lowest BCUT2D eigenvalue weighted by atomic mass is 10.00. The number of esters is 3. The first-order chi connectivity index (χ1) is 35.1. The minimum absolute atomic E-state index is 0.0559. The Morgan fingerprint density at radius 3 is 1.32 bits per heavy atom. The van der Waals surface area contributed by atoms with E-state index in [2.05, 4.69) is 18.7 Å². The highest BCUT2D eigenvalue weighted by molar-refractivity contribution is 5.78. The molecule has 410 valence electrons. The van der Waals surface area contributed by atoms with Gasteiger partial charge in [0.2, 0.25) is 5.91 Å². The third-order valence-corrected chi connectivity index (χ3v) is 13.9. The first-order valence-electron chi connectivity index (χ1n) is 29.4. The van der Waals surface area contributed by atoms with Gasteiger partial charge in [-0.05, 0) is 115 Å². The predicted octanol–water partition coefficient (Wildman–Crippen LogP) is 16.3. The molecule has 10 heteroatoms. The van der Waals surface area contributed by atoms with Gasteiger partial charge in [0.05, 0.1) is 25.7 Å². The molecular weight excluding hydrogens is 901 g/mol. The van der Waals surface area contributed by atoms with Gasteiger partial charge in [0, 0.05) is 31.8 Å². The molecule has 0 aliphatic carbocycles. The Morgan fingerprint density at radius 2 is 0.861 bits per heavy atom. The van der Waals surface area contributed by atoms with Gasteiger partial charge in [0.1, 0.15) is 11.5 Å². The number of rotatable bonds is 48. The van der Waals surface area contributed by atoms with E-state index >= 15 is 0 Å².